The topological polar surface area (TPSA) is 72.6 Å². The Morgan fingerprint density at radius 1 is 1.06 bits per heavy atom. The fourth-order valence-corrected chi connectivity index (χ4v) is 4.08. The number of ether oxygens (including phenoxy) is 1. The normalized spacial score (nSPS) is 17.7. The largest absolute Gasteiger partial charge is 0.446 e. The fraction of sp³-hybridized carbons (Fsp3) is 0.200. The quantitative estimate of drug-likeness (QED) is 0.580. The summed E-state index contributed by atoms with van der Waals surface area (Å²) in [7, 11) is 0. The third kappa shape index (κ3) is 4.66. The molecule has 1 aliphatic rings. The third-order valence-corrected chi connectivity index (χ3v) is 5.93. The molecular formula is C25H22ClFN2O3. The fourth-order valence-electron chi connectivity index (χ4n) is 3.95. The van der Waals surface area contributed by atoms with E-state index in [1.165, 1.54) is 12.1 Å². The first-order valence-electron chi connectivity index (χ1n) is 10.2. The van der Waals surface area contributed by atoms with E-state index in [9.17, 15) is 14.0 Å². The zero-order valence-electron chi connectivity index (χ0n) is 17.2. The number of imide groups is 1. The number of hydrogen-bond donors (Lipinski definition) is 1. The van der Waals surface area contributed by atoms with Crippen LogP contribution < -0.4 is 5.73 Å². The molecule has 7 heteroatoms. The lowest BCUT2D eigenvalue weighted by Crippen LogP contribution is -2.48. The van der Waals surface area contributed by atoms with Gasteiger partial charge in [0, 0.05) is 10.9 Å². The van der Waals surface area contributed by atoms with Crippen molar-refractivity contribution in [3.8, 4) is 0 Å². The second kappa shape index (κ2) is 9.51. The summed E-state index contributed by atoms with van der Waals surface area (Å²) in [5, 5.41) is 0.557. The van der Waals surface area contributed by atoms with Crippen molar-refractivity contribution in [2.75, 3.05) is 6.61 Å². The summed E-state index contributed by atoms with van der Waals surface area (Å²) < 4.78 is 18.6. The summed E-state index contributed by atoms with van der Waals surface area (Å²) in [6, 6.07) is 20.8. The Kier molecular flexibility index (Phi) is 6.53. The molecule has 0 spiro atoms. The molecule has 0 bridgehead atoms. The van der Waals surface area contributed by atoms with E-state index in [0.29, 0.717) is 11.4 Å². The van der Waals surface area contributed by atoms with E-state index in [4.69, 9.17) is 22.1 Å². The van der Waals surface area contributed by atoms with Crippen LogP contribution in [-0.2, 0) is 16.0 Å². The maximum absolute atomic E-state index is 13.5. The van der Waals surface area contributed by atoms with Gasteiger partial charge in [-0.2, -0.15) is 0 Å². The summed E-state index contributed by atoms with van der Waals surface area (Å²) in [5.41, 5.74) is 8.89. The van der Waals surface area contributed by atoms with E-state index in [0.717, 1.165) is 21.6 Å². The lowest BCUT2D eigenvalue weighted by Gasteiger charge is -2.28. The highest BCUT2D eigenvalue weighted by atomic mass is 35.5. The molecule has 164 valence electrons. The van der Waals surface area contributed by atoms with Crippen LogP contribution >= 0.6 is 11.6 Å². The summed E-state index contributed by atoms with van der Waals surface area (Å²) in [6.45, 7) is 0.0743. The molecule has 0 unspecified atom stereocenters. The van der Waals surface area contributed by atoms with E-state index in [-0.39, 0.29) is 12.4 Å². The van der Waals surface area contributed by atoms with Crippen LogP contribution in [0.2, 0.25) is 5.02 Å². The van der Waals surface area contributed by atoms with Gasteiger partial charge in [0.1, 0.15) is 18.5 Å². The molecule has 1 aliphatic heterocycles. The standard InChI is InChI=1S/C25H22ClFN2O3/c26-19-10-8-17(9-11-19)21(14-16-6-12-20(27)13-7-16)23(28)24(30)29-22(15-32-25(29)31)18-4-2-1-3-5-18/h1-13,21-23H,14-15,28H2/t21-,22+,23-/m0/s1. The highest BCUT2D eigenvalue weighted by Crippen LogP contribution is 2.32. The molecule has 0 aromatic heterocycles. The highest BCUT2D eigenvalue weighted by Gasteiger charge is 2.42. The maximum atomic E-state index is 13.5. The average Bonchev–Trinajstić information content (AvgIpc) is 3.20. The smallest absolute Gasteiger partial charge is 0.417 e. The van der Waals surface area contributed by atoms with Gasteiger partial charge < -0.3 is 10.5 Å². The van der Waals surface area contributed by atoms with Gasteiger partial charge in [0.25, 0.3) is 0 Å². The van der Waals surface area contributed by atoms with Crippen molar-refractivity contribution in [1.29, 1.82) is 0 Å². The Hall–Kier alpha value is -3.22. The molecule has 2 N–H and O–H groups in total. The number of nitrogens with zero attached hydrogens (tertiary/aromatic N) is 1. The van der Waals surface area contributed by atoms with Gasteiger partial charge in [0.05, 0.1) is 6.04 Å². The Balaban J connectivity index is 1.65. The number of amides is 2. The number of benzene rings is 3. The van der Waals surface area contributed by atoms with Gasteiger partial charge in [-0.3, -0.25) is 4.79 Å². The zero-order chi connectivity index (χ0) is 22.7. The molecule has 3 aromatic rings. The third-order valence-electron chi connectivity index (χ3n) is 5.68. The van der Waals surface area contributed by atoms with Crippen molar-refractivity contribution in [3.05, 3.63) is 106 Å². The van der Waals surface area contributed by atoms with E-state index < -0.39 is 30.0 Å². The molecule has 1 heterocycles. The molecule has 32 heavy (non-hydrogen) atoms. The summed E-state index contributed by atoms with van der Waals surface area (Å²) in [6.07, 6.45) is -0.329. The Labute approximate surface area is 190 Å². The first-order chi connectivity index (χ1) is 15.4. The van der Waals surface area contributed by atoms with Crippen molar-refractivity contribution in [2.24, 2.45) is 5.73 Å². The van der Waals surface area contributed by atoms with Crippen LogP contribution in [0.15, 0.2) is 78.9 Å². The van der Waals surface area contributed by atoms with Crippen LogP contribution in [0, 0.1) is 5.82 Å². The van der Waals surface area contributed by atoms with Crippen LogP contribution in [0.1, 0.15) is 28.7 Å². The van der Waals surface area contributed by atoms with Crippen LogP contribution in [0.5, 0.6) is 0 Å². The van der Waals surface area contributed by atoms with Gasteiger partial charge in [-0.1, -0.05) is 66.2 Å². The van der Waals surface area contributed by atoms with Gasteiger partial charge >= 0.3 is 6.09 Å². The molecule has 2 amide bonds. The molecule has 0 radical (unpaired) electrons. The number of halogens is 2. The highest BCUT2D eigenvalue weighted by molar-refractivity contribution is 6.30. The first-order valence-corrected chi connectivity index (χ1v) is 10.6. The average molecular weight is 453 g/mol. The van der Waals surface area contributed by atoms with Crippen molar-refractivity contribution in [1.82, 2.24) is 4.90 Å². The van der Waals surface area contributed by atoms with Crippen LogP contribution in [-0.4, -0.2) is 29.5 Å². The zero-order valence-corrected chi connectivity index (χ0v) is 17.9. The molecular weight excluding hydrogens is 431 g/mol. The van der Waals surface area contributed by atoms with Crippen LogP contribution in [0.4, 0.5) is 9.18 Å². The molecule has 4 rings (SSSR count). The van der Waals surface area contributed by atoms with Gasteiger partial charge in [0.15, 0.2) is 0 Å². The molecule has 1 saturated heterocycles. The Bertz CT molecular complexity index is 1090. The lowest BCUT2D eigenvalue weighted by atomic mass is 9.85. The van der Waals surface area contributed by atoms with Crippen molar-refractivity contribution >= 4 is 23.6 Å². The first kappa shape index (κ1) is 22.0. The number of cyclic esters (lactones) is 1. The SMILES string of the molecule is N[C@H](C(=O)N1C(=O)OC[C@@H]1c1ccccc1)[C@@H](Cc1ccc(F)cc1)c1ccc(Cl)cc1. The number of nitrogens with two attached hydrogens (primary N) is 1. The number of carbonyl (C=O) groups is 2. The van der Waals surface area contributed by atoms with E-state index in [1.807, 2.05) is 30.3 Å². The van der Waals surface area contributed by atoms with E-state index in [1.54, 1.807) is 36.4 Å². The second-order valence-electron chi connectivity index (χ2n) is 7.73. The number of carbonyl (C=O) groups excluding carboxylic acids is 2. The minimum atomic E-state index is -1.03. The van der Waals surface area contributed by atoms with Crippen molar-refractivity contribution in [3.63, 3.8) is 0 Å². The van der Waals surface area contributed by atoms with Crippen LogP contribution in [0.3, 0.4) is 0 Å². The second-order valence-corrected chi connectivity index (χ2v) is 8.16. The van der Waals surface area contributed by atoms with Crippen LogP contribution in [0.25, 0.3) is 0 Å². The Morgan fingerprint density at radius 2 is 1.72 bits per heavy atom. The van der Waals surface area contributed by atoms with Gasteiger partial charge in [-0.05, 0) is 47.4 Å². The van der Waals surface area contributed by atoms with Gasteiger partial charge in [-0.15, -0.1) is 0 Å². The summed E-state index contributed by atoms with van der Waals surface area (Å²) in [5.74, 6) is -1.33. The minimum Gasteiger partial charge on any atom is -0.446 e. The Morgan fingerprint density at radius 3 is 2.38 bits per heavy atom. The monoisotopic (exact) mass is 452 g/mol. The molecule has 3 aromatic carbocycles. The molecule has 0 saturated carbocycles. The molecule has 3 atom stereocenters. The summed E-state index contributed by atoms with van der Waals surface area (Å²) >= 11 is 6.04. The summed E-state index contributed by atoms with van der Waals surface area (Å²) in [4.78, 5) is 27.1. The predicted molar refractivity (Wildman–Crippen MR) is 120 cm³/mol. The predicted octanol–water partition coefficient (Wildman–Crippen LogP) is 4.85. The van der Waals surface area contributed by atoms with Gasteiger partial charge in [0.2, 0.25) is 5.91 Å². The molecule has 0 aliphatic carbocycles. The lowest BCUT2D eigenvalue weighted by molar-refractivity contribution is -0.131. The molecule has 1 fully saturated rings. The minimum absolute atomic E-state index is 0.0743. The van der Waals surface area contributed by atoms with E-state index in [2.05, 4.69) is 0 Å². The van der Waals surface area contributed by atoms with E-state index >= 15 is 0 Å². The van der Waals surface area contributed by atoms with Gasteiger partial charge in [-0.25, -0.2) is 14.1 Å². The molecule has 5 nitrogen and oxygen atoms in total. The number of rotatable bonds is 6. The number of hydrogen-bond acceptors (Lipinski definition) is 4. The maximum Gasteiger partial charge on any atom is 0.417 e. The van der Waals surface area contributed by atoms with Crippen molar-refractivity contribution < 1.29 is 18.7 Å². The van der Waals surface area contributed by atoms with Crippen molar-refractivity contribution in [2.45, 2.75) is 24.4 Å².